The predicted octanol–water partition coefficient (Wildman–Crippen LogP) is 9.66. The van der Waals surface area contributed by atoms with E-state index in [0.29, 0.717) is 144 Å². The molecule has 3 fully saturated rings. The lowest BCUT2D eigenvalue weighted by Gasteiger charge is -2.34. The number of nitrogens with zero attached hydrogens (tertiary/aromatic N) is 7. The van der Waals surface area contributed by atoms with Crippen molar-refractivity contribution in [2.75, 3.05) is 51.0 Å². The monoisotopic (exact) mass is 1150 g/mol. The summed E-state index contributed by atoms with van der Waals surface area (Å²) in [5.41, 5.74) is 3.29. The molecule has 21 heteroatoms. The number of benzene rings is 4. The van der Waals surface area contributed by atoms with E-state index in [9.17, 15) is 33.0 Å². The van der Waals surface area contributed by atoms with Gasteiger partial charge in [0.15, 0.2) is 17.4 Å². The van der Waals surface area contributed by atoms with Gasteiger partial charge in [0.05, 0.1) is 54.5 Å². The van der Waals surface area contributed by atoms with E-state index in [4.69, 9.17) is 29.2 Å². The molecule has 3 aliphatic heterocycles. The number of carbonyl (C=O) groups excluding carboxylic acids is 2. The molecular formula is C63H68F4N10O7. The molecule has 440 valence electrons. The van der Waals surface area contributed by atoms with Gasteiger partial charge in [-0.2, -0.15) is 9.97 Å². The number of allylic oxidation sites excluding steroid dienone is 2. The fourth-order valence-corrected chi connectivity index (χ4v) is 12.4. The Morgan fingerprint density at radius 1 is 0.964 bits per heavy atom. The normalized spacial score (nSPS) is 19.1. The van der Waals surface area contributed by atoms with E-state index in [0.717, 1.165) is 37.6 Å². The number of ether oxygens (including phenoxy) is 3. The van der Waals surface area contributed by atoms with Crippen LogP contribution in [0.2, 0.25) is 0 Å². The molecule has 3 saturated heterocycles. The minimum Gasteiger partial charge on any atom is -0.508 e. The summed E-state index contributed by atoms with van der Waals surface area (Å²) in [6, 6.07) is 13.0. The summed E-state index contributed by atoms with van der Waals surface area (Å²) in [4.78, 5) is 43.3. The maximum Gasteiger partial charge on any atom is 0.319 e. The molecule has 17 nitrogen and oxygen atoms in total. The zero-order valence-corrected chi connectivity index (χ0v) is 47.0. The summed E-state index contributed by atoms with van der Waals surface area (Å²) in [5, 5.41) is 42.3. The average Bonchev–Trinajstić information content (AvgIpc) is 1.43. The van der Waals surface area contributed by atoms with Crippen molar-refractivity contribution < 1.29 is 51.6 Å². The average molecular weight is 1150 g/mol. The van der Waals surface area contributed by atoms with Gasteiger partial charge in [0.2, 0.25) is 12.3 Å². The second kappa shape index (κ2) is 25.5. The van der Waals surface area contributed by atoms with E-state index < -0.39 is 53.5 Å². The van der Waals surface area contributed by atoms with E-state index in [1.807, 2.05) is 39.1 Å². The second-order valence-corrected chi connectivity index (χ2v) is 22.5. The number of aromatic hydroxyl groups is 1. The number of phenols is 1. The molecule has 2 bridgehead atoms. The third kappa shape index (κ3) is 12.2. The van der Waals surface area contributed by atoms with Crippen LogP contribution in [0.25, 0.3) is 44.1 Å². The third-order valence-electron chi connectivity index (χ3n) is 16.6. The minimum absolute atomic E-state index is 0.0214. The SMILES string of the molecule is CCc1c(F)ccc2cc(O)cc(-c3ncc4c(N5CC6CCC(C5)N6)nc(OC5CCOCC5)nc4c3OCC3=CCC(c4cn(C(C(C)C)C(CCCNC=O)C(=O)NC(CO)c5ccc(-c6c(F)ccc(F)c6F)cc5)nn4)C=C3)c12. The minimum atomic E-state index is -1.32. The van der Waals surface area contributed by atoms with Crippen LogP contribution in [0.4, 0.5) is 23.4 Å². The quantitative estimate of drug-likeness (QED) is 0.0185. The summed E-state index contributed by atoms with van der Waals surface area (Å²) in [5.74, 6) is -4.33. The summed E-state index contributed by atoms with van der Waals surface area (Å²) >= 11 is 0. The Labute approximate surface area is 483 Å². The van der Waals surface area contributed by atoms with Gasteiger partial charge in [0.1, 0.15) is 47.1 Å². The van der Waals surface area contributed by atoms with Crippen LogP contribution in [-0.4, -0.2) is 117 Å². The number of anilines is 1. The Balaban J connectivity index is 0.872. The Morgan fingerprint density at radius 2 is 1.73 bits per heavy atom. The highest BCUT2D eigenvalue weighted by Gasteiger charge is 2.37. The standard InChI is InChI=1S/C63H68F4N10O7/c1-4-45-49(64)18-15-40-26-43(80)27-47(54(40)45)57-60(58-48(28-69-57)61(76-29-41-16-17-42(30-76)70-41)73-63(72-58)84-44-21-24-82-25-22-44)83-33-36-7-9-37(10-8-36)52-31-77(75-74-52)59(35(2)3)46(6-5-23-68-34-79)62(81)71-53(32-78)38-11-13-39(14-12-38)55-50(65)19-20-51(66)56(55)67/h7-9,11-15,18-20,26-28,31,34-35,37,41-42,44,46,53,59,70,78,80H,4-6,10,16-17,21-25,29-30,32-33H2,1-3H3,(H,68,79)(H,71,81). The number of halogens is 4. The van der Waals surface area contributed by atoms with Crippen molar-refractivity contribution in [1.82, 2.24) is 45.9 Å². The lowest BCUT2D eigenvalue weighted by atomic mass is 9.85. The highest BCUT2D eigenvalue weighted by molar-refractivity contribution is 6.04. The predicted molar refractivity (Wildman–Crippen MR) is 308 cm³/mol. The first-order chi connectivity index (χ1) is 40.8. The van der Waals surface area contributed by atoms with E-state index in [1.165, 1.54) is 30.3 Å². The van der Waals surface area contributed by atoms with Gasteiger partial charge in [-0.25, -0.2) is 22.2 Å². The van der Waals surface area contributed by atoms with Crippen LogP contribution in [0, 0.1) is 35.1 Å². The number of phenolic OH excluding ortho intramolecular Hbond substituents is 1. The Hall–Kier alpha value is -8.01. The molecule has 6 atom stereocenters. The first-order valence-electron chi connectivity index (χ1n) is 28.9. The Bertz CT molecular complexity index is 3600. The van der Waals surface area contributed by atoms with Gasteiger partial charge in [-0.3, -0.25) is 14.6 Å². The molecule has 2 amide bonds. The maximum absolute atomic E-state index is 15.8. The highest BCUT2D eigenvalue weighted by atomic mass is 19.2. The number of rotatable bonds is 22. The van der Waals surface area contributed by atoms with Gasteiger partial charge in [-0.05, 0) is 108 Å². The molecule has 1 aliphatic carbocycles. The van der Waals surface area contributed by atoms with Crippen LogP contribution >= 0.6 is 0 Å². The number of aromatic nitrogens is 6. The van der Waals surface area contributed by atoms with E-state index in [2.05, 4.69) is 37.2 Å². The van der Waals surface area contributed by atoms with Crippen LogP contribution in [0.1, 0.15) is 101 Å². The van der Waals surface area contributed by atoms with Crippen molar-refractivity contribution >= 4 is 39.8 Å². The van der Waals surface area contributed by atoms with Crippen LogP contribution in [0.15, 0.2) is 96.9 Å². The lowest BCUT2D eigenvalue weighted by Crippen LogP contribution is -2.51. The van der Waals surface area contributed by atoms with Gasteiger partial charge >= 0.3 is 6.01 Å². The number of nitrogens with one attached hydrogen (secondary N) is 3. The first-order valence-corrected chi connectivity index (χ1v) is 28.9. The zero-order valence-electron chi connectivity index (χ0n) is 47.0. The number of aryl methyl sites for hydroxylation is 1. The highest BCUT2D eigenvalue weighted by Crippen LogP contribution is 2.45. The number of fused-ring (bicyclic) bond motifs is 4. The molecule has 0 saturated carbocycles. The van der Waals surface area contributed by atoms with E-state index in [-0.39, 0.29) is 47.7 Å². The van der Waals surface area contributed by atoms with E-state index in [1.54, 1.807) is 29.1 Å². The van der Waals surface area contributed by atoms with Crippen molar-refractivity contribution in [2.24, 2.45) is 11.8 Å². The number of carbonyl (C=O) groups is 2. The van der Waals surface area contributed by atoms with Crippen molar-refractivity contribution in [3.05, 3.63) is 137 Å². The Morgan fingerprint density at radius 3 is 2.44 bits per heavy atom. The fraction of sp³-hybridized carbons (Fsp3) is 0.413. The summed E-state index contributed by atoms with van der Waals surface area (Å²) in [6.45, 7) is 8.30. The molecule has 6 heterocycles. The maximum atomic E-state index is 15.8. The van der Waals surface area contributed by atoms with Gasteiger partial charge in [-0.15, -0.1) is 5.10 Å². The number of hydrogen-bond donors (Lipinski definition) is 5. The lowest BCUT2D eigenvalue weighted by molar-refractivity contribution is -0.128. The molecule has 4 aliphatic rings. The number of pyridine rings is 1. The molecule has 7 aromatic rings. The van der Waals surface area contributed by atoms with Crippen LogP contribution < -0.4 is 30.3 Å². The number of hydrogen-bond acceptors (Lipinski definition) is 14. The second-order valence-electron chi connectivity index (χ2n) is 22.5. The van der Waals surface area contributed by atoms with Crippen LogP contribution in [0.5, 0.6) is 17.5 Å². The summed E-state index contributed by atoms with van der Waals surface area (Å²) in [6.07, 6.45) is 15.2. The number of aliphatic hydroxyl groups excluding tert-OH is 1. The molecule has 6 unspecified atom stereocenters. The van der Waals surface area contributed by atoms with Gasteiger partial charge in [0, 0.05) is 68.4 Å². The molecule has 11 rings (SSSR count). The van der Waals surface area contributed by atoms with Crippen LogP contribution in [-0.2, 0) is 20.7 Å². The molecule has 0 radical (unpaired) electrons. The largest absolute Gasteiger partial charge is 0.508 e. The smallest absolute Gasteiger partial charge is 0.319 e. The van der Waals surface area contributed by atoms with Crippen LogP contribution in [0.3, 0.4) is 0 Å². The zero-order chi connectivity index (χ0) is 58.6. The Kier molecular flexibility index (Phi) is 17.5. The summed E-state index contributed by atoms with van der Waals surface area (Å²) in [7, 11) is 0. The molecular weight excluding hydrogens is 1080 g/mol. The van der Waals surface area contributed by atoms with Gasteiger partial charge in [-0.1, -0.05) is 74.5 Å². The third-order valence-corrected chi connectivity index (χ3v) is 16.6. The van der Waals surface area contributed by atoms with Crippen molar-refractivity contribution in [1.29, 1.82) is 0 Å². The van der Waals surface area contributed by atoms with Gasteiger partial charge < -0.3 is 45.3 Å². The van der Waals surface area contributed by atoms with Crippen molar-refractivity contribution in [2.45, 2.75) is 108 Å². The summed E-state index contributed by atoms with van der Waals surface area (Å²) < 4.78 is 80.1. The van der Waals surface area contributed by atoms with Crippen molar-refractivity contribution in [3.8, 4) is 39.9 Å². The van der Waals surface area contributed by atoms with Crippen molar-refractivity contribution in [3.63, 3.8) is 0 Å². The molecule has 5 N–H and O–H groups in total. The molecule has 3 aromatic heterocycles. The van der Waals surface area contributed by atoms with Gasteiger partial charge in [0.25, 0.3) is 0 Å². The van der Waals surface area contributed by atoms with E-state index >= 15 is 4.39 Å². The molecule has 84 heavy (non-hydrogen) atoms. The number of piperazine rings is 1. The number of amides is 2. The topological polar surface area (TPSA) is 211 Å². The fourth-order valence-electron chi connectivity index (χ4n) is 12.4. The first kappa shape index (κ1) is 57.8. The molecule has 0 spiro atoms. The number of aliphatic hydroxyl groups is 1. The molecule has 4 aromatic carbocycles.